The highest BCUT2D eigenvalue weighted by Gasteiger charge is 2.34. The lowest BCUT2D eigenvalue weighted by Crippen LogP contribution is -2.27. The summed E-state index contributed by atoms with van der Waals surface area (Å²) in [6, 6.07) is 15.4. The molecule has 26 heavy (non-hydrogen) atoms. The fraction of sp³-hybridized carbons (Fsp3) is 0.238. The van der Waals surface area contributed by atoms with Crippen LogP contribution >= 0.6 is 11.8 Å². The Kier molecular flexibility index (Phi) is 5.47. The van der Waals surface area contributed by atoms with Gasteiger partial charge in [-0.05, 0) is 52.6 Å². The van der Waals surface area contributed by atoms with E-state index in [9.17, 15) is 9.59 Å². The summed E-state index contributed by atoms with van der Waals surface area (Å²) in [5.74, 6) is 0.956. The van der Waals surface area contributed by atoms with Crippen LogP contribution in [0.15, 0.2) is 53.4 Å². The minimum absolute atomic E-state index is 0.234. The summed E-state index contributed by atoms with van der Waals surface area (Å²) < 4.78 is 5.13. The van der Waals surface area contributed by atoms with Crippen molar-refractivity contribution in [1.82, 2.24) is 4.90 Å². The second-order valence-corrected chi connectivity index (χ2v) is 7.43. The number of ether oxygens (including phenoxy) is 1. The maximum Gasteiger partial charge on any atom is 0.293 e. The molecule has 0 bridgehead atoms. The molecular weight excluding hydrogens is 346 g/mol. The van der Waals surface area contributed by atoms with Gasteiger partial charge >= 0.3 is 0 Å². The largest absolute Gasteiger partial charge is 0.497 e. The number of rotatable bonds is 5. The zero-order valence-corrected chi connectivity index (χ0v) is 15.9. The summed E-state index contributed by atoms with van der Waals surface area (Å²) in [5.41, 5.74) is 3.04. The van der Waals surface area contributed by atoms with Crippen molar-refractivity contribution in [1.29, 1.82) is 0 Å². The van der Waals surface area contributed by atoms with Crippen LogP contribution in [0, 0.1) is 0 Å². The van der Waals surface area contributed by atoms with E-state index in [0.29, 0.717) is 17.4 Å². The fourth-order valence-electron chi connectivity index (χ4n) is 2.68. The van der Waals surface area contributed by atoms with Crippen molar-refractivity contribution in [2.45, 2.75) is 26.3 Å². The SMILES string of the molecule is COc1ccc(/C=C2\SC(=O)N(Cc3ccc(C(C)C)cc3)C2=O)cc1. The Morgan fingerprint density at radius 2 is 1.69 bits per heavy atom. The highest BCUT2D eigenvalue weighted by Crippen LogP contribution is 2.33. The molecule has 134 valence electrons. The number of carbonyl (C=O) groups is 2. The van der Waals surface area contributed by atoms with Crippen molar-refractivity contribution in [2.75, 3.05) is 7.11 Å². The van der Waals surface area contributed by atoms with Gasteiger partial charge < -0.3 is 4.74 Å². The second kappa shape index (κ2) is 7.79. The van der Waals surface area contributed by atoms with E-state index in [4.69, 9.17) is 4.74 Å². The second-order valence-electron chi connectivity index (χ2n) is 6.44. The molecule has 4 nitrogen and oxygen atoms in total. The maximum atomic E-state index is 12.6. The minimum Gasteiger partial charge on any atom is -0.497 e. The van der Waals surface area contributed by atoms with Crippen LogP contribution < -0.4 is 4.74 Å². The number of hydrogen-bond donors (Lipinski definition) is 0. The third-order valence-electron chi connectivity index (χ3n) is 4.27. The van der Waals surface area contributed by atoms with Gasteiger partial charge in [-0.2, -0.15) is 0 Å². The normalized spacial score (nSPS) is 16.0. The van der Waals surface area contributed by atoms with Gasteiger partial charge in [0.2, 0.25) is 0 Å². The summed E-state index contributed by atoms with van der Waals surface area (Å²) in [4.78, 5) is 26.6. The first-order chi connectivity index (χ1) is 12.5. The molecule has 1 fully saturated rings. The van der Waals surface area contributed by atoms with Gasteiger partial charge in [-0.25, -0.2) is 0 Å². The van der Waals surface area contributed by atoms with Crippen LogP contribution in [0.2, 0.25) is 0 Å². The van der Waals surface area contributed by atoms with E-state index in [1.54, 1.807) is 13.2 Å². The van der Waals surface area contributed by atoms with Crippen LogP contribution in [-0.2, 0) is 11.3 Å². The molecule has 0 spiro atoms. The molecule has 0 radical (unpaired) electrons. The quantitative estimate of drug-likeness (QED) is 0.694. The van der Waals surface area contributed by atoms with E-state index in [1.807, 2.05) is 48.5 Å². The molecule has 2 aromatic carbocycles. The van der Waals surface area contributed by atoms with Crippen molar-refractivity contribution >= 4 is 29.0 Å². The van der Waals surface area contributed by atoms with Crippen LogP contribution in [0.1, 0.15) is 36.5 Å². The van der Waals surface area contributed by atoms with E-state index >= 15 is 0 Å². The molecule has 2 amide bonds. The lowest BCUT2D eigenvalue weighted by molar-refractivity contribution is -0.123. The Morgan fingerprint density at radius 3 is 2.27 bits per heavy atom. The Morgan fingerprint density at radius 1 is 1.04 bits per heavy atom. The number of hydrogen-bond acceptors (Lipinski definition) is 4. The van der Waals surface area contributed by atoms with E-state index < -0.39 is 0 Å². The molecule has 0 aromatic heterocycles. The van der Waals surface area contributed by atoms with Crippen LogP contribution in [0.5, 0.6) is 5.75 Å². The predicted molar refractivity (Wildman–Crippen MR) is 105 cm³/mol. The minimum atomic E-state index is -0.247. The van der Waals surface area contributed by atoms with Gasteiger partial charge in [-0.3, -0.25) is 14.5 Å². The van der Waals surface area contributed by atoms with Gasteiger partial charge in [0.1, 0.15) is 5.75 Å². The molecule has 0 unspecified atom stereocenters. The zero-order valence-electron chi connectivity index (χ0n) is 15.1. The molecule has 1 aliphatic rings. The Labute approximate surface area is 157 Å². The monoisotopic (exact) mass is 367 g/mol. The lowest BCUT2D eigenvalue weighted by Gasteiger charge is -2.13. The molecule has 0 atom stereocenters. The fourth-order valence-corrected chi connectivity index (χ4v) is 3.52. The molecule has 0 N–H and O–H groups in total. The van der Waals surface area contributed by atoms with Crippen molar-refractivity contribution < 1.29 is 14.3 Å². The highest BCUT2D eigenvalue weighted by atomic mass is 32.2. The maximum absolute atomic E-state index is 12.6. The average molecular weight is 367 g/mol. The summed E-state index contributed by atoms with van der Waals surface area (Å²) in [6.07, 6.45) is 1.74. The summed E-state index contributed by atoms with van der Waals surface area (Å²) in [5, 5.41) is -0.234. The van der Waals surface area contributed by atoms with E-state index in [-0.39, 0.29) is 11.1 Å². The standard InChI is InChI=1S/C21H21NO3S/c1-14(2)17-8-4-16(5-9-17)13-22-20(23)19(26-21(22)24)12-15-6-10-18(25-3)11-7-15/h4-12,14H,13H2,1-3H3/b19-12-. The first-order valence-corrected chi connectivity index (χ1v) is 9.28. The molecule has 1 aliphatic heterocycles. The molecule has 3 rings (SSSR count). The first kappa shape index (κ1) is 18.3. The van der Waals surface area contributed by atoms with Crippen molar-refractivity contribution in [2.24, 2.45) is 0 Å². The molecule has 0 saturated carbocycles. The highest BCUT2D eigenvalue weighted by molar-refractivity contribution is 8.18. The number of thioether (sulfide) groups is 1. The third-order valence-corrected chi connectivity index (χ3v) is 5.18. The molecule has 1 heterocycles. The molecular formula is C21H21NO3S. The molecule has 0 aliphatic carbocycles. The molecule has 2 aromatic rings. The van der Waals surface area contributed by atoms with Gasteiger partial charge in [-0.15, -0.1) is 0 Å². The van der Waals surface area contributed by atoms with Crippen molar-refractivity contribution in [3.05, 3.63) is 70.1 Å². The topological polar surface area (TPSA) is 46.6 Å². The number of imide groups is 1. The summed E-state index contributed by atoms with van der Waals surface area (Å²) >= 11 is 0.981. The number of methoxy groups -OCH3 is 1. The van der Waals surface area contributed by atoms with E-state index in [2.05, 4.69) is 13.8 Å². The number of carbonyl (C=O) groups excluding carboxylic acids is 2. The van der Waals surface area contributed by atoms with E-state index in [1.165, 1.54) is 10.5 Å². The van der Waals surface area contributed by atoms with Gasteiger partial charge in [0.25, 0.3) is 11.1 Å². The van der Waals surface area contributed by atoms with Gasteiger partial charge in [0.15, 0.2) is 0 Å². The van der Waals surface area contributed by atoms with Crippen molar-refractivity contribution in [3.8, 4) is 5.75 Å². The van der Waals surface area contributed by atoms with Gasteiger partial charge in [0, 0.05) is 0 Å². The Bertz CT molecular complexity index is 839. The van der Waals surface area contributed by atoms with Crippen molar-refractivity contribution in [3.63, 3.8) is 0 Å². The Hall–Kier alpha value is -2.53. The van der Waals surface area contributed by atoms with Gasteiger partial charge in [-0.1, -0.05) is 50.2 Å². The average Bonchev–Trinajstić information content (AvgIpc) is 2.90. The van der Waals surface area contributed by atoms with E-state index in [0.717, 1.165) is 28.6 Å². The van der Waals surface area contributed by atoms with Crippen LogP contribution in [0.3, 0.4) is 0 Å². The molecule has 5 heteroatoms. The van der Waals surface area contributed by atoms with Crippen LogP contribution in [0.4, 0.5) is 4.79 Å². The number of benzene rings is 2. The predicted octanol–water partition coefficient (Wildman–Crippen LogP) is 5.06. The summed E-state index contributed by atoms with van der Waals surface area (Å²) in [7, 11) is 1.61. The van der Waals surface area contributed by atoms with Gasteiger partial charge in [0.05, 0.1) is 18.6 Å². The summed E-state index contributed by atoms with van der Waals surface area (Å²) in [6.45, 7) is 4.56. The number of amides is 2. The van der Waals surface area contributed by atoms with Crippen LogP contribution in [-0.4, -0.2) is 23.2 Å². The third kappa shape index (κ3) is 3.99. The molecule has 1 saturated heterocycles. The lowest BCUT2D eigenvalue weighted by atomic mass is 10.0. The Balaban J connectivity index is 1.74. The smallest absolute Gasteiger partial charge is 0.293 e. The first-order valence-electron chi connectivity index (χ1n) is 8.46. The van der Waals surface area contributed by atoms with Crippen LogP contribution in [0.25, 0.3) is 6.08 Å². The zero-order chi connectivity index (χ0) is 18.7. The number of nitrogens with zero attached hydrogens (tertiary/aromatic N) is 1.